The van der Waals surface area contributed by atoms with Crippen LogP contribution in [-0.2, 0) is 0 Å². The normalized spacial score (nSPS) is 13.7. The maximum Gasteiger partial charge on any atom is 0.269 e. The fraction of sp³-hybridized carbons (Fsp3) is 0.375. The summed E-state index contributed by atoms with van der Waals surface area (Å²) in [5.41, 5.74) is 2.54. The third-order valence-electron chi connectivity index (χ3n) is 3.76. The molecule has 0 saturated heterocycles. The number of hydrogen-bond acceptors (Lipinski definition) is 3. The van der Waals surface area contributed by atoms with Crippen molar-refractivity contribution in [2.75, 3.05) is 0 Å². The smallest absolute Gasteiger partial charge is 0.269 e. The van der Waals surface area contributed by atoms with Gasteiger partial charge in [-0.2, -0.15) is 4.98 Å². The number of aryl methyl sites for hydroxylation is 1. The summed E-state index contributed by atoms with van der Waals surface area (Å²) in [5, 5.41) is 10.0. The third kappa shape index (κ3) is 2.59. The fourth-order valence-corrected chi connectivity index (χ4v) is 2.06. The van der Waals surface area contributed by atoms with Crippen LogP contribution in [0.5, 0.6) is 5.88 Å². The van der Waals surface area contributed by atoms with E-state index < -0.39 is 0 Å². The van der Waals surface area contributed by atoms with E-state index in [0.29, 0.717) is 11.6 Å². The van der Waals surface area contributed by atoms with Gasteiger partial charge in [0.05, 0.1) is 0 Å². The molecule has 0 saturated carbocycles. The first-order chi connectivity index (χ1) is 9.43. The maximum absolute atomic E-state index is 12.4. The van der Waals surface area contributed by atoms with Crippen LogP contribution in [0, 0.1) is 12.8 Å². The van der Waals surface area contributed by atoms with Crippen LogP contribution in [-0.4, -0.2) is 14.5 Å². The van der Waals surface area contributed by atoms with Gasteiger partial charge in [0.1, 0.15) is 11.2 Å². The Hall–Kier alpha value is -2.10. The molecular formula is C16H20N2O2. The molecule has 20 heavy (non-hydrogen) atoms. The summed E-state index contributed by atoms with van der Waals surface area (Å²) in [6, 6.07) is 3.62. The van der Waals surface area contributed by atoms with Crippen molar-refractivity contribution in [2.24, 2.45) is 5.92 Å². The molecule has 0 spiro atoms. The van der Waals surface area contributed by atoms with Crippen molar-refractivity contribution in [3.05, 3.63) is 45.4 Å². The standard InChI is InChI=1S/C16H20N2O2/c1-5-11(3)12(4)9-13-15(19)17-14-8-10(2)6-7-18(14)16(13)20/h6-9,11,19H,5H2,1-4H3/b12-9+/t11-/m1/s1. The second kappa shape index (κ2) is 5.49. The monoisotopic (exact) mass is 272 g/mol. The van der Waals surface area contributed by atoms with Crippen molar-refractivity contribution in [2.45, 2.75) is 34.1 Å². The van der Waals surface area contributed by atoms with E-state index in [1.165, 1.54) is 4.40 Å². The highest BCUT2D eigenvalue weighted by Crippen LogP contribution is 2.20. The number of fused-ring (bicyclic) bond motifs is 1. The van der Waals surface area contributed by atoms with Gasteiger partial charge in [-0.15, -0.1) is 0 Å². The van der Waals surface area contributed by atoms with E-state index in [9.17, 15) is 9.90 Å². The maximum atomic E-state index is 12.4. The van der Waals surface area contributed by atoms with Gasteiger partial charge < -0.3 is 5.11 Å². The average Bonchev–Trinajstić information content (AvgIpc) is 2.41. The van der Waals surface area contributed by atoms with E-state index in [1.807, 2.05) is 19.9 Å². The van der Waals surface area contributed by atoms with Gasteiger partial charge in [0.25, 0.3) is 5.56 Å². The largest absolute Gasteiger partial charge is 0.493 e. The molecule has 0 aromatic carbocycles. The summed E-state index contributed by atoms with van der Waals surface area (Å²) in [7, 11) is 0. The molecule has 0 radical (unpaired) electrons. The van der Waals surface area contributed by atoms with Gasteiger partial charge in [-0.05, 0) is 50.0 Å². The van der Waals surface area contributed by atoms with Crippen LogP contribution >= 0.6 is 0 Å². The molecule has 0 fully saturated rings. The predicted octanol–water partition coefficient (Wildman–Crippen LogP) is 3.16. The number of pyridine rings is 1. The van der Waals surface area contributed by atoms with Gasteiger partial charge >= 0.3 is 0 Å². The topological polar surface area (TPSA) is 54.6 Å². The van der Waals surface area contributed by atoms with Crippen molar-refractivity contribution in [3.8, 4) is 5.88 Å². The van der Waals surface area contributed by atoms with Gasteiger partial charge in [0.2, 0.25) is 5.88 Å². The lowest BCUT2D eigenvalue weighted by Crippen LogP contribution is -2.18. The van der Waals surface area contributed by atoms with Gasteiger partial charge in [0, 0.05) is 6.20 Å². The Kier molecular flexibility index (Phi) is 3.93. The molecule has 2 aromatic rings. The van der Waals surface area contributed by atoms with Crippen molar-refractivity contribution in [3.63, 3.8) is 0 Å². The summed E-state index contributed by atoms with van der Waals surface area (Å²) >= 11 is 0. The molecule has 4 heteroatoms. The predicted molar refractivity (Wildman–Crippen MR) is 81.0 cm³/mol. The molecule has 2 aromatic heterocycles. The van der Waals surface area contributed by atoms with Crippen molar-refractivity contribution in [1.82, 2.24) is 9.38 Å². The molecule has 1 atom stereocenters. The summed E-state index contributed by atoms with van der Waals surface area (Å²) < 4.78 is 1.46. The molecule has 0 aliphatic carbocycles. The number of aromatic nitrogens is 2. The van der Waals surface area contributed by atoms with Gasteiger partial charge in [-0.1, -0.05) is 19.4 Å². The Morgan fingerprint density at radius 2 is 2.25 bits per heavy atom. The molecular weight excluding hydrogens is 252 g/mol. The van der Waals surface area contributed by atoms with E-state index in [-0.39, 0.29) is 17.0 Å². The molecule has 2 heterocycles. The molecule has 2 rings (SSSR count). The van der Waals surface area contributed by atoms with Crippen molar-refractivity contribution >= 4 is 11.7 Å². The summed E-state index contributed by atoms with van der Waals surface area (Å²) in [5.74, 6) is 0.163. The van der Waals surface area contributed by atoms with E-state index in [1.54, 1.807) is 18.3 Å². The zero-order chi connectivity index (χ0) is 14.9. The second-order valence-electron chi connectivity index (χ2n) is 5.28. The van der Waals surface area contributed by atoms with Crippen molar-refractivity contribution in [1.29, 1.82) is 0 Å². The van der Waals surface area contributed by atoms with Crippen LogP contribution < -0.4 is 5.56 Å². The first-order valence-corrected chi connectivity index (χ1v) is 6.84. The van der Waals surface area contributed by atoms with Crippen LogP contribution in [0.1, 0.15) is 38.3 Å². The van der Waals surface area contributed by atoms with Crippen LogP contribution in [0.2, 0.25) is 0 Å². The van der Waals surface area contributed by atoms with Crippen LogP contribution in [0.25, 0.3) is 11.7 Å². The molecule has 0 aliphatic rings. The summed E-state index contributed by atoms with van der Waals surface area (Å²) in [6.45, 7) is 8.08. The number of rotatable bonds is 3. The Morgan fingerprint density at radius 1 is 1.55 bits per heavy atom. The van der Waals surface area contributed by atoms with Crippen LogP contribution in [0.15, 0.2) is 28.7 Å². The molecule has 0 unspecified atom stereocenters. The molecule has 0 amide bonds. The minimum absolute atomic E-state index is 0.205. The molecule has 0 aliphatic heterocycles. The first-order valence-electron chi connectivity index (χ1n) is 6.84. The number of hydrogen-bond donors (Lipinski definition) is 1. The Bertz CT molecular complexity index is 729. The lowest BCUT2D eigenvalue weighted by atomic mass is 9.98. The third-order valence-corrected chi connectivity index (χ3v) is 3.76. The fourth-order valence-electron chi connectivity index (χ4n) is 2.06. The van der Waals surface area contributed by atoms with Gasteiger partial charge in [0.15, 0.2) is 0 Å². The van der Waals surface area contributed by atoms with E-state index >= 15 is 0 Å². The molecule has 1 N–H and O–H groups in total. The summed E-state index contributed by atoms with van der Waals surface area (Å²) in [4.78, 5) is 16.5. The van der Waals surface area contributed by atoms with Crippen LogP contribution in [0.3, 0.4) is 0 Å². The molecule has 106 valence electrons. The summed E-state index contributed by atoms with van der Waals surface area (Å²) in [6.07, 6.45) is 4.42. The second-order valence-corrected chi connectivity index (χ2v) is 5.28. The van der Waals surface area contributed by atoms with E-state index in [2.05, 4.69) is 18.8 Å². The first kappa shape index (κ1) is 14.3. The zero-order valence-corrected chi connectivity index (χ0v) is 12.3. The highest BCUT2D eigenvalue weighted by Gasteiger charge is 2.11. The quantitative estimate of drug-likeness (QED) is 0.933. The van der Waals surface area contributed by atoms with E-state index in [4.69, 9.17) is 0 Å². The Balaban J connectivity index is 2.66. The molecule has 4 nitrogen and oxygen atoms in total. The lowest BCUT2D eigenvalue weighted by molar-refractivity contribution is 0.451. The van der Waals surface area contributed by atoms with Gasteiger partial charge in [-0.3, -0.25) is 9.20 Å². The number of nitrogens with zero attached hydrogens (tertiary/aromatic N) is 2. The SMILES string of the molecule is CC[C@@H](C)/C(C)=C/c1c(O)nc2cc(C)ccn2c1=O. The van der Waals surface area contributed by atoms with Crippen LogP contribution in [0.4, 0.5) is 0 Å². The Morgan fingerprint density at radius 3 is 2.90 bits per heavy atom. The van der Waals surface area contributed by atoms with E-state index in [0.717, 1.165) is 17.6 Å². The minimum Gasteiger partial charge on any atom is -0.493 e. The molecule has 0 bridgehead atoms. The highest BCUT2D eigenvalue weighted by molar-refractivity contribution is 5.59. The zero-order valence-electron chi connectivity index (χ0n) is 12.3. The lowest BCUT2D eigenvalue weighted by Gasteiger charge is -2.10. The van der Waals surface area contributed by atoms with Gasteiger partial charge in [-0.25, -0.2) is 0 Å². The number of aromatic hydroxyl groups is 1. The van der Waals surface area contributed by atoms with Crippen molar-refractivity contribution < 1.29 is 5.11 Å². The number of allylic oxidation sites excluding steroid dienone is 1. The minimum atomic E-state index is -0.241. The Labute approximate surface area is 118 Å². The average molecular weight is 272 g/mol. The highest BCUT2D eigenvalue weighted by atomic mass is 16.3.